The molecule has 0 saturated carbocycles. The van der Waals surface area contributed by atoms with Gasteiger partial charge in [0.2, 0.25) is 0 Å². The molecule has 48 valence electrons. The highest BCUT2D eigenvalue weighted by atomic mass is 32.1. The average molecular weight is 143 g/mol. The third kappa shape index (κ3) is 1.77. The first kappa shape index (κ1) is 6.15. The zero-order valence-corrected chi connectivity index (χ0v) is 5.38. The van der Waals surface area contributed by atoms with Crippen LogP contribution in [0.4, 0.5) is 0 Å². The minimum Gasteiger partial charge on any atom is -0.501 e. The Morgan fingerprint density at radius 3 is 3.00 bits per heavy atom. The van der Waals surface area contributed by atoms with Crippen LogP contribution in [0.25, 0.3) is 0 Å². The largest absolute Gasteiger partial charge is 0.501 e. The van der Waals surface area contributed by atoms with E-state index < -0.39 is 0 Å². The average Bonchev–Trinajstić information content (AvgIpc) is 2.15. The van der Waals surface area contributed by atoms with Crippen LogP contribution in [0.1, 0.15) is 0 Å². The van der Waals surface area contributed by atoms with Crippen LogP contribution in [0.3, 0.4) is 0 Å². The predicted molar refractivity (Wildman–Crippen MR) is 35.2 cm³/mol. The SMILES string of the molecule is OC(=S)Cn1ccnn1. The van der Waals surface area contributed by atoms with Gasteiger partial charge in [0.05, 0.1) is 6.20 Å². The summed E-state index contributed by atoms with van der Waals surface area (Å²) in [4.78, 5) is 0. The van der Waals surface area contributed by atoms with E-state index in [2.05, 4.69) is 22.5 Å². The Morgan fingerprint density at radius 1 is 1.78 bits per heavy atom. The molecule has 0 fully saturated rings. The molecule has 0 aromatic carbocycles. The van der Waals surface area contributed by atoms with Crippen LogP contribution < -0.4 is 0 Å². The zero-order chi connectivity index (χ0) is 6.69. The van der Waals surface area contributed by atoms with Crippen LogP contribution in [-0.2, 0) is 6.54 Å². The van der Waals surface area contributed by atoms with Gasteiger partial charge < -0.3 is 5.11 Å². The molecule has 0 unspecified atom stereocenters. The molecule has 0 aliphatic carbocycles. The molecule has 1 rings (SSSR count). The fourth-order valence-electron chi connectivity index (χ4n) is 0.456. The van der Waals surface area contributed by atoms with Gasteiger partial charge in [-0.3, -0.25) is 0 Å². The van der Waals surface area contributed by atoms with Crippen LogP contribution >= 0.6 is 12.2 Å². The molecule has 0 atom stereocenters. The van der Waals surface area contributed by atoms with Crippen LogP contribution in [0.5, 0.6) is 0 Å². The molecule has 1 N–H and O–H groups in total. The van der Waals surface area contributed by atoms with E-state index in [9.17, 15) is 0 Å². The Balaban J connectivity index is 2.58. The van der Waals surface area contributed by atoms with Gasteiger partial charge in [-0.05, 0) is 12.2 Å². The van der Waals surface area contributed by atoms with Crippen molar-refractivity contribution >= 4 is 17.3 Å². The first-order valence-electron chi connectivity index (χ1n) is 2.35. The van der Waals surface area contributed by atoms with E-state index in [1.54, 1.807) is 6.20 Å². The number of hydrogen-bond donors (Lipinski definition) is 1. The van der Waals surface area contributed by atoms with Crippen molar-refractivity contribution in [2.24, 2.45) is 0 Å². The number of hydrogen-bond acceptors (Lipinski definition) is 3. The van der Waals surface area contributed by atoms with Crippen molar-refractivity contribution in [2.45, 2.75) is 6.54 Å². The second-order valence-electron chi connectivity index (χ2n) is 1.49. The second kappa shape index (κ2) is 2.54. The lowest BCUT2D eigenvalue weighted by atomic mass is 10.7. The van der Waals surface area contributed by atoms with Crippen molar-refractivity contribution in [1.82, 2.24) is 15.0 Å². The van der Waals surface area contributed by atoms with Crippen LogP contribution in [0.2, 0.25) is 0 Å². The summed E-state index contributed by atoms with van der Waals surface area (Å²) in [6.07, 6.45) is 3.15. The summed E-state index contributed by atoms with van der Waals surface area (Å²) in [7, 11) is 0. The summed E-state index contributed by atoms with van der Waals surface area (Å²) in [5, 5.41) is 15.6. The van der Waals surface area contributed by atoms with Crippen molar-refractivity contribution in [3.8, 4) is 0 Å². The fourth-order valence-corrected chi connectivity index (χ4v) is 0.588. The maximum absolute atomic E-state index is 8.57. The Bertz CT molecular complexity index is 196. The van der Waals surface area contributed by atoms with Crippen molar-refractivity contribution < 1.29 is 5.11 Å². The van der Waals surface area contributed by atoms with Gasteiger partial charge in [-0.25, -0.2) is 4.68 Å². The number of thiocarbonyl (C=S) groups is 1. The molecule has 0 radical (unpaired) electrons. The van der Waals surface area contributed by atoms with Gasteiger partial charge in [0.1, 0.15) is 6.54 Å². The number of aliphatic hydroxyl groups is 1. The van der Waals surface area contributed by atoms with Gasteiger partial charge in [-0.2, -0.15) is 0 Å². The highest BCUT2D eigenvalue weighted by Gasteiger charge is 1.92. The van der Waals surface area contributed by atoms with E-state index >= 15 is 0 Å². The number of aromatic nitrogens is 3. The molecule has 1 aromatic rings. The number of aliphatic hydroxyl groups excluding tert-OH is 1. The molecule has 5 heteroatoms. The first-order valence-corrected chi connectivity index (χ1v) is 2.76. The highest BCUT2D eigenvalue weighted by molar-refractivity contribution is 7.80. The van der Waals surface area contributed by atoms with Gasteiger partial charge in [-0.1, -0.05) is 5.21 Å². The molecule has 0 aliphatic heterocycles. The van der Waals surface area contributed by atoms with Crippen molar-refractivity contribution in [1.29, 1.82) is 0 Å². The Hall–Kier alpha value is -0.970. The highest BCUT2D eigenvalue weighted by Crippen LogP contribution is 1.81. The molecule has 9 heavy (non-hydrogen) atoms. The summed E-state index contributed by atoms with van der Waals surface area (Å²) in [6, 6.07) is 0. The van der Waals surface area contributed by atoms with E-state index in [1.807, 2.05) is 0 Å². The van der Waals surface area contributed by atoms with Gasteiger partial charge >= 0.3 is 0 Å². The summed E-state index contributed by atoms with van der Waals surface area (Å²) in [6.45, 7) is 0.245. The summed E-state index contributed by atoms with van der Waals surface area (Å²) < 4.78 is 1.45. The Kier molecular flexibility index (Phi) is 1.74. The van der Waals surface area contributed by atoms with E-state index in [-0.39, 0.29) is 11.6 Å². The maximum Gasteiger partial charge on any atom is 0.178 e. The summed E-state index contributed by atoms with van der Waals surface area (Å²) >= 11 is 4.41. The molecule has 1 aromatic heterocycles. The molecule has 4 nitrogen and oxygen atoms in total. The smallest absolute Gasteiger partial charge is 0.178 e. The molecule has 0 saturated heterocycles. The lowest BCUT2D eigenvalue weighted by Crippen LogP contribution is -2.07. The molecule has 0 aliphatic rings. The minimum absolute atomic E-state index is 0.0829. The summed E-state index contributed by atoms with van der Waals surface area (Å²) in [5.74, 6) is 0. The monoisotopic (exact) mass is 143 g/mol. The summed E-state index contributed by atoms with van der Waals surface area (Å²) in [5.41, 5.74) is 0. The molecule has 1 heterocycles. The minimum atomic E-state index is -0.0829. The van der Waals surface area contributed by atoms with Gasteiger partial charge in [-0.15, -0.1) is 5.10 Å². The van der Waals surface area contributed by atoms with E-state index in [4.69, 9.17) is 5.11 Å². The molecular formula is C4H5N3OS. The topological polar surface area (TPSA) is 50.9 Å². The number of nitrogens with zero attached hydrogens (tertiary/aromatic N) is 3. The van der Waals surface area contributed by atoms with Crippen LogP contribution in [0, 0.1) is 0 Å². The van der Waals surface area contributed by atoms with Crippen molar-refractivity contribution in [3.63, 3.8) is 0 Å². The van der Waals surface area contributed by atoms with E-state index in [0.717, 1.165) is 0 Å². The first-order chi connectivity index (χ1) is 4.29. The van der Waals surface area contributed by atoms with Gasteiger partial charge in [0, 0.05) is 6.20 Å². The number of rotatable bonds is 2. The molecule has 0 bridgehead atoms. The maximum atomic E-state index is 8.57. The van der Waals surface area contributed by atoms with Gasteiger partial charge in [0.15, 0.2) is 5.05 Å². The predicted octanol–water partition coefficient (Wildman–Crippen LogP) is 0.163. The van der Waals surface area contributed by atoms with Gasteiger partial charge in [0.25, 0.3) is 0 Å². The van der Waals surface area contributed by atoms with E-state index in [0.29, 0.717) is 0 Å². The lowest BCUT2D eigenvalue weighted by Gasteiger charge is -1.92. The molecule has 0 spiro atoms. The lowest BCUT2D eigenvalue weighted by molar-refractivity contribution is 0.521. The standard InChI is InChI=1S/C4H5N3OS/c8-4(9)3-7-2-1-5-6-7/h1-2H,3H2,(H,8,9). The second-order valence-corrected chi connectivity index (χ2v) is 1.97. The van der Waals surface area contributed by atoms with Crippen LogP contribution in [-0.4, -0.2) is 25.2 Å². The molecular weight excluding hydrogens is 138 g/mol. The zero-order valence-electron chi connectivity index (χ0n) is 4.56. The normalized spacial score (nSPS) is 9.33. The van der Waals surface area contributed by atoms with Crippen molar-refractivity contribution in [2.75, 3.05) is 0 Å². The quantitative estimate of drug-likeness (QED) is 0.599. The van der Waals surface area contributed by atoms with Crippen molar-refractivity contribution in [3.05, 3.63) is 12.4 Å². The van der Waals surface area contributed by atoms with Crippen LogP contribution in [0.15, 0.2) is 12.4 Å². The fraction of sp³-hybridized carbons (Fsp3) is 0.250. The Labute approximate surface area is 57.1 Å². The third-order valence-electron chi connectivity index (χ3n) is 0.769. The third-order valence-corrected chi connectivity index (χ3v) is 0.898. The van der Waals surface area contributed by atoms with E-state index in [1.165, 1.54) is 10.9 Å². The Morgan fingerprint density at radius 2 is 2.56 bits per heavy atom. The molecule has 0 amide bonds.